The van der Waals surface area contributed by atoms with Crippen LogP contribution in [0, 0.1) is 0 Å². The molecule has 0 atom stereocenters. The fourth-order valence-electron chi connectivity index (χ4n) is 2.95. The summed E-state index contributed by atoms with van der Waals surface area (Å²) in [7, 11) is 1.63. The van der Waals surface area contributed by atoms with Gasteiger partial charge in [-0.2, -0.15) is 0 Å². The van der Waals surface area contributed by atoms with Crippen LogP contribution in [0.3, 0.4) is 0 Å². The molecule has 8 heteroatoms. The summed E-state index contributed by atoms with van der Waals surface area (Å²) in [6.45, 7) is 0.689. The molecule has 2 aromatic carbocycles. The van der Waals surface area contributed by atoms with Crippen molar-refractivity contribution >= 4 is 16.8 Å². The number of amides is 1. The van der Waals surface area contributed by atoms with Gasteiger partial charge in [0.05, 0.1) is 30.2 Å². The number of benzene rings is 2. The summed E-state index contributed by atoms with van der Waals surface area (Å²) in [6, 6.07) is 16.9. The molecule has 0 saturated heterocycles. The zero-order chi connectivity index (χ0) is 19.5. The number of hydrogen-bond acceptors (Lipinski definition) is 5. The Morgan fingerprint density at radius 3 is 2.68 bits per heavy atom. The van der Waals surface area contributed by atoms with Crippen molar-refractivity contribution in [3.63, 3.8) is 0 Å². The Labute approximate surface area is 160 Å². The molecule has 4 rings (SSSR count). The number of aromatic amines is 1. The Bertz CT molecular complexity index is 1180. The predicted molar refractivity (Wildman–Crippen MR) is 104 cm³/mol. The number of para-hydroxylation sites is 1. The van der Waals surface area contributed by atoms with E-state index in [4.69, 9.17) is 0 Å². The summed E-state index contributed by atoms with van der Waals surface area (Å²) in [4.78, 5) is 33.4. The summed E-state index contributed by atoms with van der Waals surface area (Å²) < 4.78 is 1.62. The smallest absolute Gasteiger partial charge is 0.276 e. The SMILES string of the molecule is CN(Cc1nc2ccccc2c(=O)[nH]1)C(=O)c1cn(Cc2ccccc2)nn1. The Morgan fingerprint density at radius 1 is 1.11 bits per heavy atom. The third-order valence-corrected chi connectivity index (χ3v) is 4.34. The first-order valence-electron chi connectivity index (χ1n) is 8.77. The van der Waals surface area contributed by atoms with Crippen molar-refractivity contribution in [3.05, 3.63) is 88.2 Å². The number of hydrogen-bond donors (Lipinski definition) is 1. The highest BCUT2D eigenvalue weighted by Gasteiger charge is 2.17. The van der Waals surface area contributed by atoms with Gasteiger partial charge in [0.2, 0.25) is 0 Å². The van der Waals surface area contributed by atoms with Gasteiger partial charge in [-0.25, -0.2) is 9.67 Å². The summed E-state index contributed by atoms with van der Waals surface area (Å²) in [5.41, 5.74) is 1.67. The molecule has 28 heavy (non-hydrogen) atoms. The van der Waals surface area contributed by atoms with Gasteiger partial charge in [0, 0.05) is 7.05 Å². The molecule has 0 bridgehead atoms. The van der Waals surface area contributed by atoms with E-state index in [-0.39, 0.29) is 23.7 Å². The topological polar surface area (TPSA) is 96.8 Å². The first kappa shape index (κ1) is 17.6. The molecule has 0 aliphatic carbocycles. The zero-order valence-corrected chi connectivity index (χ0v) is 15.2. The second-order valence-electron chi connectivity index (χ2n) is 6.48. The standard InChI is InChI=1S/C20H18N6O2/c1-25(13-18-21-16-10-6-5-9-15(16)19(27)22-18)20(28)17-12-26(24-23-17)11-14-7-3-2-4-8-14/h2-10,12H,11,13H2,1H3,(H,21,22,27). The average molecular weight is 374 g/mol. The second kappa shape index (κ2) is 7.43. The lowest BCUT2D eigenvalue weighted by atomic mass is 10.2. The summed E-state index contributed by atoms with van der Waals surface area (Å²) in [5.74, 6) is 0.117. The molecule has 2 aromatic heterocycles. The third kappa shape index (κ3) is 3.66. The molecule has 1 N–H and O–H groups in total. The van der Waals surface area contributed by atoms with Crippen LogP contribution in [-0.4, -0.2) is 42.8 Å². The number of aromatic nitrogens is 5. The molecule has 0 radical (unpaired) electrons. The molecule has 8 nitrogen and oxygen atoms in total. The molecule has 2 heterocycles. The van der Waals surface area contributed by atoms with Gasteiger partial charge < -0.3 is 9.88 Å². The molecule has 0 fully saturated rings. The number of nitrogens with one attached hydrogen (secondary N) is 1. The van der Waals surface area contributed by atoms with Crippen molar-refractivity contribution in [2.45, 2.75) is 13.1 Å². The fourth-order valence-corrected chi connectivity index (χ4v) is 2.95. The summed E-state index contributed by atoms with van der Waals surface area (Å²) >= 11 is 0. The van der Waals surface area contributed by atoms with Crippen molar-refractivity contribution in [1.82, 2.24) is 29.9 Å². The molecular weight excluding hydrogens is 356 g/mol. The van der Waals surface area contributed by atoms with Gasteiger partial charge in [-0.1, -0.05) is 47.7 Å². The Balaban J connectivity index is 1.49. The number of H-pyrrole nitrogens is 1. The lowest BCUT2D eigenvalue weighted by molar-refractivity contribution is 0.0775. The van der Waals surface area contributed by atoms with Crippen molar-refractivity contribution in [2.24, 2.45) is 0 Å². The second-order valence-corrected chi connectivity index (χ2v) is 6.48. The number of carbonyl (C=O) groups is 1. The maximum absolute atomic E-state index is 12.7. The van der Waals surface area contributed by atoms with Gasteiger partial charge in [0.25, 0.3) is 11.5 Å². The highest BCUT2D eigenvalue weighted by molar-refractivity contribution is 5.91. The quantitative estimate of drug-likeness (QED) is 0.575. The zero-order valence-electron chi connectivity index (χ0n) is 15.2. The van der Waals surface area contributed by atoms with E-state index in [1.165, 1.54) is 4.90 Å². The normalized spacial score (nSPS) is 10.9. The Kier molecular flexibility index (Phi) is 4.67. The van der Waals surface area contributed by atoms with Crippen LogP contribution in [0.1, 0.15) is 21.9 Å². The summed E-state index contributed by atoms with van der Waals surface area (Å²) in [5, 5.41) is 8.51. The van der Waals surface area contributed by atoms with Crippen LogP contribution in [0.2, 0.25) is 0 Å². The molecule has 0 aliphatic heterocycles. The number of fused-ring (bicyclic) bond motifs is 1. The molecule has 0 aliphatic rings. The minimum atomic E-state index is -0.296. The van der Waals surface area contributed by atoms with Gasteiger partial charge in [-0.15, -0.1) is 5.10 Å². The summed E-state index contributed by atoms with van der Waals surface area (Å²) in [6.07, 6.45) is 1.61. The lowest BCUT2D eigenvalue weighted by Gasteiger charge is -2.15. The highest BCUT2D eigenvalue weighted by Crippen LogP contribution is 2.08. The minimum Gasteiger partial charge on any atom is -0.333 e. The Morgan fingerprint density at radius 2 is 1.86 bits per heavy atom. The minimum absolute atomic E-state index is 0.157. The van der Waals surface area contributed by atoms with Gasteiger partial charge in [-0.05, 0) is 17.7 Å². The predicted octanol–water partition coefficient (Wildman–Crippen LogP) is 1.84. The van der Waals surface area contributed by atoms with Crippen LogP contribution in [0.4, 0.5) is 0 Å². The van der Waals surface area contributed by atoms with E-state index in [1.807, 2.05) is 36.4 Å². The molecule has 0 saturated carbocycles. The Hall–Kier alpha value is -3.81. The molecule has 0 unspecified atom stereocenters. The average Bonchev–Trinajstić information content (AvgIpc) is 3.16. The maximum Gasteiger partial charge on any atom is 0.276 e. The van der Waals surface area contributed by atoms with E-state index in [2.05, 4.69) is 20.3 Å². The molecular formula is C20H18N6O2. The molecule has 0 spiro atoms. The van der Waals surface area contributed by atoms with Crippen molar-refractivity contribution < 1.29 is 4.79 Å². The van der Waals surface area contributed by atoms with E-state index in [9.17, 15) is 9.59 Å². The van der Waals surface area contributed by atoms with E-state index >= 15 is 0 Å². The fraction of sp³-hybridized carbons (Fsp3) is 0.150. The van der Waals surface area contributed by atoms with Gasteiger partial charge in [0.15, 0.2) is 5.69 Å². The van der Waals surface area contributed by atoms with Crippen LogP contribution in [-0.2, 0) is 13.1 Å². The molecule has 1 amide bonds. The van der Waals surface area contributed by atoms with Gasteiger partial charge in [0.1, 0.15) is 5.82 Å². The van der Waals surface area contributed by atoms with Gasteiger partial charge >= 0.3 is 0 Å². The van der Waals surface area contributed by atoms with Crippen LogP contribution < -0.4 is 5.56 Å². The largest absolute Gasteiger partial charge is 0.333 e. The van der Waals surface area contributed by atoms with Crippen LogP contribution >= 0.6 is 0 Å². The van der Waals surface area contributed by atoms with E-state index in [0.717, 1.165) is 5.56 Å². The molecule has 140 valence electrons. The first-order chi connectivity index (χ1) is 13.6. The van der Waals surface area contributed by atoms with E-state index in [1.54, 1.807) is 36.1 Å². The van der Waals surface area contributed by atoms with Crippen LogP contribution in [0.25, 0.3) is 10.9 Å². The van der Waals surface area contributed by atoms with Crippen LogP contribution in [0.5, 0.6) is 0 Å². The first-order valence-corrected chi connectivity index (χ1v) is 8.77. The highest BCUT2D eigenvalue weighted by atomic mass is 16.2. The monoisotopic (exact) mass is 374 g/mol. The van der Waals surface area contributed by atoms with E-state index < -0.39 is 0 Å². The molecule has 4 aromatic rings. The van der Waals surface area contributed by atoms with Crippen LogP contribution in [0.15, 0.2) is 65.6 Å². The number of carbonyl (C=O) groups excluding carboxylic acids is 1. The van der Waals surface area contributed by atoms with Crippen molar-refractivity contribution in [1.29, 1.82) is 0 Å². The van der Waals surface area contributed by atoms with Crippen molar-refractivity contribution in [2.75, 3.05) is 7.05 Å². The number of nitrogens with zero attached hydrogens (tertiary/aromatic N) is 5. The number of rotatable bonds is 5. The van der Waals surface area contributed by atoms with Crippen molar-refractivity contribution in [3.8, 4) is 0 Å². The maximum atomic E-state index is 12.7. The third-order valence-electron chi connectivity index (χ3n) is 4.34. The lowest BCUT2D eigenvalue weighted by Crippen LogP contribution is -2.28. The van der Waals surface area contributed by atoms with Gasteiger partial charge in [-0.3, -0.25) is 9.59 Å². The van der Waals surface area contributed by atoms with E-state index in [0.29, 0.717) is 23.3 Å².